The molecule has 0 aliphatic carbocycles. The van der Waals surface area contributed by atoms with Gasteiger partial charge < -0.3 is 15.0 Å². The third kappa shape index (κ3) is 3.54. The molecule has 3 aromatic heterocycles. The fourth-order valence-corrected chi connectivity index (χ4v) is 4.49. The van der Waals surface area contributed by atoms with Gasteiger partial charge in [-0.3, -0.25) is 14.5 Å². The Morgan fingerprint density at radius 2 is 2.06 bits per heavy atom. The second-order valence-corrected chi connectivity index (χ2v) is 8.64. The Hall–Kier alpha value is -4.47. The summed E-state index contributed by atoms with van der Waals surface area (Å²) in [5.41, 5.74) is 2.28. The molecule has 0 fully saturated rings. The van der Waals surface area contributed by atoms with Crippen LogP contribution >= 0.6 is 0 Å². The molecule has 0 saturated heterocycles. The summed E-state index contributed by atoms with van der Waals surface area (Å²) in [6.45, 7) is 2.97. The lowest BCUT2D eigenvalue weighted by atomic mass is 10.2. The number of nitrogens with one attached hydrogen (secondary N) is 2. The third-order valence-corrected chi connectivity index (χ3v) is 6.19. The standard InChI is InChI=1S/C25H22FN7O2/c1-14-7-8-18(26)20(9-14)33-23-16(22-17(24(33)34)12-29-31-22)11-28-25(30-23)27-10-15-13-32(2)19-5-3-4-6-21(19)35-15/h3-9,11-12,15H,10,13H2,1-2H3,(H,29,31)(H,27,28,30). The molecule has 10 heteroatoms. The van der Waals surface area contributed by atoms with E-state index in [9.17, 15) is 9.18 Å². The SMILES string of the molecule is Cc1ccc(F)c(-n2c(=O)c3c[nH]nc3c3cnc(NCC4CN(C)c5ccccc5O4)nc32)c1. The van der Waals surface area contributed by atoms with Gasteiger partial charge >= 0.3 is 0 Å². The van der Waals surface area contributed by atoms with Gasteiger partial charge in [-0.25, -0.2) is 9.37 Å². The Morgan fingerprint density at radius 1 is 1.20 bits per heavy atom. The number of halogens is 1. The number of fused-ring (bicyclic) bond motifs is 4. The van der Waals surface area contributed by atoms with E-state index < -0.39 is 11.4 Å². The van der Waals surface area contributed by atoms with Gasteiger partial charge in [0.25, 0.3) is 5.56 Å². The molecule has 0 saturated carbocycles. The number of aromatic amines is 1. The highest BCUT2D eigenvalue weighted by molar-refractivity contribution is 6.02. The van der Waals surface area contributed by atoms with Crippen LogP contribution in [0.15, 0.2) is 59.7 Å². The van der Waals surface area contributed by atoms with Crippen molar-refractivity contribution in [2.75, 3.05) is 30.4 Å². The fourth-order valence-electron chi connectivity index (χ4n) is 4.49. The van der Waals surface area contributed by atoms with E-state index in [0.29, 0.717) is 35.3 Å². The molecule has 9 nitrogen and oxygen atoms in total. The molecule has 0 radical (unpaired) electrons. The van der Waals surface area contributed by atoms with E-state index in [1.807, 2.05) is 38.2 Å². The van der Waals surface area contributed by atoms with E-state index in [2.05, 4.69) is 30.4 Å². The number of para-hydroxylation sites is 2. The summed E-state index contributed by atoms with van der Waals surface area (Å²) < 4.78 is 22.3. The topological polar surface area (TPSA) is 101 Å². The minimum Gasteiger partial charge on any atom is -0.485 e. The summed E-state index contributed by atoms with van der Waals surface area (Å²) in [6.07, 6.45) is 2.96. The van der Waals surface area contributed by atoms with Crippen LogP contribution in [-0.2, 0) is 0 Å². The summed E-state index contributed by atoms with van der Waals surface area (Å²) in [7, 11) is 2.02. The minimum atomic E-state index is -0.521. The summed E-state index contributed by atoms with van der Waals surface area (Å²) in [6, 6.07) is 12.5. The molecule has 1 aliphatic rings. The maximum Gasteiger partial charge on any atom is 0.267 e. The Morgan fingerprint density at radius 3 is 2.94 bits per heavy atom. The number of ether oxygens (including phenoxy) is 1. The number of aromatic nitrogens is 5. The average molecular weight is 471 g/mol. The smallest absolute Gasteiger partial charge is 0.267 e. The third-order valence-electron chi connectivity index (χ3n) is 6.19. The highest BCUT2D eigenvalue weighted by atomic mass is 19.1. The van der Waals surface area contributed by atoms with Gasteiger partial charge in [-0.05, 0) is 36.8 Å². The number of H-pyrrole nitrogens is 1. The van der Waals surface area contributed by atoms with E-state index in [1.54, 1.807) is 18.3 Å². The number of aryl methyl sites for hydroxylation is 1. The number of nitrogens with zero attached hydrogens (tertiary/aromatic N) is 5. The zero-order chi connectivity index (χ0) is 24.1. The Balaban J connectivity index is 1.40. The fraction of sp³-hybridized carbons (Fsp3) is 0.200. The van der Waals surface area contributed by atoms with E-state index in [4.69, 9.17) is 4.74 Å². The molecular formula is C25H22FN7O2. The van der Waals surface area contributed by atoms with Crippen LogP contribution in [-0.4, -0.2) is 51.0 Å². The van der Waals surface area contributed by atoms with E-state index in [1.165, 1.54) is 16.8 Å². The van der Waals surface area contributed by atoms with Crippen molar-refractivity contribution in [1.29, 1.82) is 0 Å². The van der Waals surface area contributed by atoms with Crippen molar-refractivity contribution >= 4 is 33.6 Å². The number of anilines is 2. The van der Waals surface area contributed by atoms with Crippen LogP contribution in [0.2, 0.25) is 0 Å². The van der Waals surface area contributed by atoms with E-state index in [0.717, 1.165) is 17.0 Å². The van der Waals surface area contributed by atoms with Gasteiger partial charge in [0.2, 0.25) is 5.95 Å². The Kier molecular flexibility index (Phi) is 4.87. The highest BCUT2D eigenvalue weighted by Crippen LogP contribution is 2.32. The van der Waals surface area contributed by atoms with Crippen LogP contribution in [0.1, 0.15) is 5.56 Å². The molecule has 0 bridgehead atoms. The van der Waals surface area contributed by atoms with Crippen molar-refractivity contribution in [2.45, 2.75) is 13.0 Å². The van der Waals surface area contributed by atoms with Crippen LogP contribution in [0.5, 0.6) is 5.75 Å². The second-order valence-electron chi connectivity index (χ2n) is 8.64. The van der Waals surface area contributed by atoms with Gasteiger partial charge in [0.15, 0.2) is 5.65 Å². The summed E-state index contributed by atoms with van der Waals surface area (Å²) in [5.74, 6) is 0.600. The average Bonchev–Trinajstić information content (AvgIpc) is 3.35. The number of benzene rings is 2. The van der Waals surface area contributed by atoms with Gasteiger partial charge in [-0.1, -0.05) is 18.2 Å². The van der Waals surface area contributed by atoms with Crippen LogP contribution in [0, 0.1) is 12.7 Å². The molecule has 1 aliphatic heterocycles. The Bertz CT molecular complexity index is 1640. The van der Waals surface area contributed by atoms with Gasteiger partial charge in [0.05, 0.1) is 35.2 Å². The van der Waals surface area contributed by atoms with Crippen molar-refractivity contribution in [3.05, 3.63) is 76.6 Å². The van der Waals surface area contributed by atoms with Crippen LogP contribution in [0.25, 0.3) is 27.6 Å². The zero-order valence-corrected chi connectivity index (χ0v) is 19.1. The number of hydrogen-bond donors (Lipinski definition) is 2. The lowest BCUT2D eigenvalue weighted by Gasteiger charge is -2.33. The first-order valence-electron chi connectivity index (χ1n) is 11.2. The molecule has 1 atom stereocenters. The molecule has 4 heterocycles. The summed E-state index contributed by atoms with van der Waals surface area (Å²) >= 11 is 0. The molecule has 2 N–H and O–H groups in total. The lowest BCUT2D eigenvalue weighted by Crippen LogP contribution is -2.41. The van der Waals surface area contributed by atoms with Crippen molar-refractivity contribution in [3.8, 4) is 11.4 Å². The first-order valence-corrected chi connectivity index (χ1v) is 11.2. The highest BCUT2D eigenvalue weighted by Gasteiger charge is 2.24. The first-order chi connectivity index (χ1) is 17.0. The number of hydrogen-bond acceptors (Lipinski definition) is 7. The number of rotatable bonds is 4. The predicted molar refractivity (Wildman–Crippen MR) is 132 cm³/mol. The lowest BCUT2D eigenvalue weighted by molar-refractivity contribution is 0.208. The molecule has 176 valence electrons. The van der Waals surface area contributed by atoms with Crippen molar-refractivity contribution < 1.29 is 9.13 Å². The van der Waals surface area contributed by atoms with E-state index in [-0.39, 0.29) is 17.4 Å². The minimum absolute atomic E-state index is 0.126. The monoisotopic (exact) mass is 471 g/mol. The maximum absolute atomic E-state index is 14.9. The number of likely N-dealkylation sites (N-methyl/N-ethyl adjacent to an activating group) is 1. The summed E-state index contributed by atoms with van der Waals surface area (Å²) in [4.78, 5) is 24.6. The molecular weight excluding hydrogens is 449 g/mol. The molecule has 1 unspecified atom stereocenters. The largest absolute Gasteiger partial charge is 0.485 e. The van der Waals surface area contributed by atoms with Crippen LogP contribution < -0.4 is 20.5 Å². The maximum atomic E-state index is 14.9. The van der Waals surface area contributed by atoms with Gasteiger partial charge in [0, 0.05) is 19.4 Å². The summed E-state index contributed by atoms with van der Waals surface area (Å²) in [5, 5.41) is 11.0. The molecule has 2 aromatic carbocycles. The molecule has 35 heavy (non-hydrogen) atoms. The molecule has 0 spiro atoms. The van der Waals surface area contributed by atoms with E-state index >= 15 is 0 Å². The molecule has 6 rings (SSSR count). The first kappa shape index (κ1) is 21.1. The van der Waals surface area contributed by atoms with Gasteiger partial charge in [-0.15, -0.1) is 0 Å². The van der Waals surface area contributed by atoms with Crippen molar-refractivity contribution in [2.24, 2.45) is 0 Å². The van der Waals surface area contributed by atoms with Crippen molar-refractivity contribution in [3.63, 3.8) is 0 Å². The Labute approximate surface area is 199 Å². The second kappa shape index (κ2) is 8.08. The molecule has 0 amide bonds. The molecule has 5 aromatic rings. The van der Waals surface area contributed by atoms with Crippen LogP contribution in [0.4, 0.5) is 16.0 Å². The van der Waals surface area contributed by atoms with Crippen molar-refractivity contribution in [1.82, 2.24) is 24.7 Å². The quantitative estimate of drug-likeness (QED) is 0.414. The van der Waals surface area contributed by atoms with Gasteiger partial charge in [-0.2, -0.15) is 10.1 Å². The zero-order valence-electron chi connectivity index (χ0n) is 19.1. The predicted octanol–water partition coefficient (Wildman–Crippen LogP) is 3.41. The normalized spacial score (nSPS) is 15.3. The van der Waals surface area contributed by atoms with Gasteiger partial charge in [0.1, 0.15) is 23.2 Å². The number of pyridine rings is 1. The van der Waals surface area contributed by atoms with Crippen LogP contribution in [0.3, 0.4) is 0 Å².